The molecule has 0 saturated heterocycles. The highest BCUT2D eigenvalue weighted by molar-refractivity contribution is 14.1. The quantitative estimate of drug-likeness (QED) is 0.748. The number of rotatable bonds is 6. The van der Waals surface area contributed by atoms with Crippen LogP contribution in [0.2, 0.25) is 0 Å². The summed E-state index contributed by atoms with van der Waals surface area (Å²) >= 11 is 2.33. The third-order valence-electron chi connectivity index (χ3n) is 3.23. The van der Waals surface area contributed by atoms with Crippen molar-refractivity contribution in [2.45, 2.75) is 40.0 Å². The van der Waals surface area contributed by atoms with Gasteiger partial charge >= 0.3 is 0 Å². The van der Waals surface area contributed by atoms with Crippen LogP contribution in [0.15, 0.2) is 18.3 Å². The minimum Gasteiger partial charge on any atom is -0.369 e. The molecule has 2 heterocycles. The first kappa shape index (κ1) is 16.1. The van der Waals surface area contributed by atoms with E-state index in [9.17, 15) is 0 Å². The fourth-order valence-electron chi connectivity index (χ4n) is 2.21. The first-order chi connectivity index (χ1) is 10.2. The van der Waals surface area contributed by atoms with Gasteiger partial charge in [-0.25, -0.2) is 9.97 Å². The largest absolute Gasteiger partial charge is 0.369 e. The summed E-state index contributed by atoms with van der Waals surface area (Å²) in [4.78, 5) is 14.0. The Balaban J connectivity index is 2.57. The SMILES string of the molecule is CCCc1nc(-c2ncccc2CC)nc(NCC)c1I. The Morgan fingerprint density at radius 1 is 1.19 bits per heavy atom. The fraction of sp³-hybridized carbons (Fsp3) is 0.438. The van der Waals surface area contributed by atoms with Gasteiger partial charge in [0, 0.05) is 12.7 Å². The lowest BCUT2D eigenvalue weighted by Gasteiger charge is -2.13. The van der Waals surface area contributed by atoms with E-state index < -0.39 is 0 Å². The number of pyridine rings is 1. The number of aryl methyl sites for hydroxylation is 2. The average molecular weight is 396 g/mol. The minimum absolute atomic E-state index is 0.729. The molecule has 0 unspecified atom stereocenters. The van der Waals surface area contributed by atoms with Gasteiger partial charge in [-0.3, -0.25) is 4.98 Å². The van der Waals surface area contributed by atoms with Crippen molar-refractivity contribution in [1.82, 2.24) is 15.0 Å². The van der Waals surface area contributed by atoms with E-state index in [2.05, 4.69) is 59.7 Å². The number of halogens is 1. The molecule has 0 aromatic carbocycles. The predicted molar refractivity (Wildman–Crippen MR) is 95.5 cm³/mol. The molecule has 0 bridgehead atoms. The summed E-state index contributed by atoms with van der Waals surface area (Å²) in [5.41, 5.74) is 3.18. The van der Waals surface area contributed by atoms with Crippen molar-refractivity contribution in [1.29, 1.82) is 0 Å². The van der Waals surface area contributed by atoms with E-state index in [1.165, 1.54) is 5.56 Å². The van der Waals surface area contributed by atoms with Crippen LogP contribution in [-0.2, 0) is 12.8 Å². The highest BCUT2D eigenvalue weighted by Crippen LogP contribution is 2.25. The summed E-state index contributed by atoms with van der Waals surface area (Å²) in [5.74, 6) is 1.64. The van der Waals surface area contributed by atoms with E-state index in [1.54, 1.807) is 0 Å². The van der Waals surface area contributed by atoms with Gasteiger partial charge in [-0.2, -0.15) is 0 Å². The first-order valence-corrected chi connectivity index (χ1v) is 8.53. The smallest absolute Gasteiger partial charge is 0.180 e. The molecule has 5 heteroatoms. The minimum atomic E-state index is 0.729. The Kier molecular flexibility index (Phi) is 5.90. The molecular formula is C16H21IN4. The Bertz CT molecular complexity index is 586. The lowest BCUT2D eigenvalue weighted by molar-refractivity contribution is 0.864. The molecule has 21 heavy (non-hydrogen) atoms. The van der Waals surface area contributed by atoms with Crippen LogP contribution in [0.4, 0.5) is 5.82 Å². The van der Waals surface area contributed by atoms with E-state index in [4.69, 9.17) is 9.97 Å². The van der Waals surface area contributed by atoms with Crippen LogP contribution in [0, 0.1) is 3.57 Å². The number of nitrogens with zero attached hydrogens (tertiary/aromatic N) is 3. The van der Waals surface area contributed by atoms with Gasteiger partial charge in [0.05, 0.1) is 9.26 Å². The molecule has 0 atom stereocenters. The summed E-state index contributed by atoms with van der Waals surface area (Å²) in [6.07, 6.45) is 4.77. The van der Waals surface area contributed by atoms with E-state index in [0.717, 1.165) is 52.4 Å². The fourth-order valence-corrected chi connectivity index (χ4v) is 2.91. The highest BCUT2D eigenvalue weighted by atomic mass is 127. The Hall–Kier alpha value is -1.24. The van der Waals surface area contributed by atoms with Crippen molar-refractivity contribution in [2.75, 3.05) is 11.9 Å². The van der Waals surface area contributed by atoms with Crippen molar-refractivity contribution in [3.8, 4) is 11.5 Å². The molecule has 0 fully saturated rings. The molecule has 0 saturated carbocycles. The molecule has 0 spiro atoms. The second-order valence-corrected chi connectivity index (χ2v) is 5.88. The standard InChI is InChI=1S/C16H21IN4/c1-4-8-12-13(17)15(18-6-3)21-16(20-12)14-11(5-2)9-7-10-19-14/h7,9-10H,4-6,8H2,1-3H3,(H,18,20,21). The van der Waals surface area contributed by atoms with Crippen molar-refractivity contribution in [3.05, 3.63) is 33.2 Å². The Labute approximate surface area is 140 Å². The Morgan fingerprint density at radius 2 is 2.00 bits per heavy atom. The molecule has 2 aromatic heterocycles. The molecule has 2 aromatic rings. The van der Waals surface area contributed by atoms with Gasteiger partial charge in [0.2, 0.25) is 0 Å². The van der Waals surface area contributed by atoms with Crippen LogP contribution in [0.1, 0.15) is 38.4 Å². The normalized spacial score (nSPS) is 10.7. The van der Waals surface area contributed by atoms with Gasteiger partial charge in [0.25, 0.3) is 0 Å². The van der Waals surface area contributed by atoms with Gasteiger partial charge in [-0.15, -0.1) is 0 Å². The number of hydrogen-bond acceptors (Lipinski definition) is 4. The highest BCUT2D eigenvalue weighted by Gasteiger charge is 2.15. The molecule has 0 amide bonds. The average Bonchev–Trinajstić information content (AvgIpc) is 2.51. The molecule has 0 aliphatic rings. The number of aromatic nitrogens is 3. The van der Waals surface area contributed by atoms with Gasteiger partial charge in [-0.05, 0) is 54.0 Å². The van der Waals surface area contributed by atoms with E-state index in [0.29, 0.717) is 0 Å². The van der Waals surface area contributed by atoms with E-state index >= 15 is 0 Å². The number of anilines is 1. The molecule has 1 N–H and O–H groups in total. The van der Waals surface area contributed by atoms with Crippen LogP contribution >= 0.6 is 22.6 Å². The molecular weight excluding hydrogens is 375 g/mol. The van der Waals surface area contributed by atoms with Crippen molar-refractivity contribution < 1.29 is 0 Å². The number of hydrogen-bond donors (Lipinski definition) is 1. The maximum absolute atomic E-state index is 4.76. The van der Waals surface area contributed by atoms with Crippen molar-refractivity contribution in [3.63, 3.8) is 0 Å². The maximum atomic E-state index is 4.76. The first-order valence-electron chi connectivity index (χ1n) is 7.45. The summed E-state index contributed by atoms with van der Waals surface area (Å²) in [6, 6.07) is 4.06. The van der Waals surface area contributed by atoms with Crippen molar-refractivity contribution >= 4 is 28.4 Å². The zero-order valence-corrected chi connectivity index (χ0v) is 14.9. The van der Waals surface area contributed by atoms with Crippen LogP contribution in [-0.4, -0.2) is 21.5 Å². The summed E-state index contributed by atoms with van der Waals surface area (Å²) in [5, 5.41) is 3.34. The van der Waals surface area contributed by atoms with Crippen LogP contribution in [0.5, 0.6) is 0 Å². The van der Waals surface area contributed by atoms with Crippen LogP contribution < -0.4 is 5.32 Å². The topological polar surface area (TPSA) is 50.7 Å². The number of nitrogens with one attached hydrogen (secondary N) is 1. The lowest BCUT2D eigenvalue weighted by atomic mass is 10.1. The lowest BCUT2D eigenvalue weighted by Crippen LogP contribution is -2.09. The monoisotopic (exact) mass is 396 g/mol. The van der Waals surface area contributed by atoms with E-state index in [-0.39, 0.29) is 0 Å². The third kappa shape index (κ3) is 3.70. The van der Waals surface area contributed by atoms with Gasteiger partial charge in [0.15, 0.2) is 5.82 Å². The van der Waals surface area contributed by atoms with Gasteiger partial charge < -0.3 is 5.32 Å². The molecule has 4 nitrogen and oxygen atoms in total. The predicted octanol–water partition coefficient (Wildman–Crippen LogP) is 4.09. The maximum Gasteiger partial charge on any atom is 0.180 e. The summed E-state index contributed by atoms with van der Waals surface area (Å²) in [6.45, 7) is 7.23. The Morgan fingerprint density at radius 3 is 2.67 bits per heavy atom. The van der Waals surface area contributed by atoms with Crippen LogP contribution in [0.3, 0.4) is 0 Å². The molecule has 0 aliphatic carbocycles. The molecule has 0 radical (unpaired) electrons. The zero-order valence-electron chi connectivity index (χ0n) is 12.8. The van der Waals surface area contributed by atoms with Gasteiger partial charge in [0.1, 0.15) is 11.5 Å². The molecule has 0 aliphatic heterocycles. The van der Waals surface area contributed by atoms with Crippen molar-refractivity contribution in [2.24, 2.45) is 0 Å². The van der Waals surface area contributed by atoms with Gasteiger partial charge in [-0.1, -0.05) is 26.3 Å². The van der Waals surface area contributed by atoms with Crippen LogP contribution in [0.25, 0.3) is 11.5 Å². The molecule has 112 valence electrons. The zero-order chi connectivity index (χ0) is 15.2. The second-order valence-electron chi connectivity index (χ2n) is 4.80. The summed E-state index contributed by atoms with van der Waals surface area (Å²) in [7, 11) is 0. The summed E-state index contributed by atoms with van der Waals surface area (Å²) < 4.78 is 1.12. The van der Waals surface area contributed by atoms with E-state index in [1.807, 2.05) is 12.3 Å². The molecule has 2 rings (SSSR count). The second kappa shape index (κ2) is 7.68. The third-order valence-corrected chi connectivity index (χ3v) is 4.37.